The molecule has 0 amide bonds. The first-order valence-corrected chi connectivity index (χ1v) is 3.63. The van der Waals surface area contributed by atoms with Crippen LogP contribution in [-0.2, 0) is 9.63 Å². The first-order valence-electron chi connectivity index (χ1n) is 3.63. The average molecular weight is 219 g/mol. The van der Waals surface area contributed by atoms with Crippen LogP contribution >= 0.6 is 0 Å². The maximum atomic E-state index is 12.4. The Bertz CT molecular complexity index is 239. The van der Waals surface area contributed by atoms with Crippen molar-refractivity contribution >= 4 is 5.97 Å². The van der Waals surface area contributed by atoms with Crippen molar-refractivity contribution in [3.05, 3.63) is 0 Å². The van der Waals surface area contributed by atoms with Crippen LogP contribution in [0.1, 0.15) is 6.42 Å². The molecule has 1 aliphatic rings. The molecule has 3 nitrogen and oxygen atoms in total. The molecule has 0 aromatic rings. The molecule has 0 aromatic heterocycles. The van der Waals surface area contributed by atoms with E-state index in [-0.39, 0.29) is 0 Å². The molecular weight excluding hydrogens is 213 g/mol. The van der Waals surface area contributed by atoms with Crippen LogP contribution < -0.4 is 0 Å². The smallest absolute Gasteiger partial charge is 0.361 e. The fourth-order valence-corrected chi connectivity index (χ4v) is 0.951. The molecule has 1 heterocycles. The Balaban J connectivity index is 2.44. The van der Waals surface area contributed by atoms with Gasteiger partial charge in [0.05, 0.1) is 6.54 Å². The monoisotopic (exact) mass is 219 g/mol. The minimum absolute atomic E-state index is 0.315. The van der Waals surface area contributed by atoms with E-state index in [0.717, 1.165) is 0 Å². The molecule has 1 rings (SSSR count). The molecule has 8 heteroatoms. The second-order valence-electron chi connectivity index (χ2n) is 2.85. The highest BCUT2D eigenvalue weighted by atomic mass is 19.4. The maximum Gasteiger partial charge on any atom is 0.492 e. The Morgan fingerprint density at radius 2 is 1.93 bits per heavy atom. The minimum atomic E-state index is -5.15. The Labute approximate surface area is 75.4 Å². The number of hydrogen-bond donors (Lipinski definition) is 0. The minimum Gasteiger partial charge on any atom is -0.361 e. The second kappa shape index (κ2) is 3.34. The predicted octanol–water partition coefficient (Wildman–Crippen LogP) is 1.35. The summed E-state index contributed by atoms with van der Waals surface area (Å²) in [5.74, 6) is -5.57. The number of rotatable bonds is 1. The van der Waals surface area contributed by atoms with Gasteiger partial charge in [-0.05, 0) is 0 Å². The maximum absolute atomic E-state index is 12.4. The van der Waals surface area contributed by atoms with Gasteiger partial charge in [0.1, 0.15) is 0 Å². The van der Waals surface area contributed by atoms with Crippen molar-refractivity contribution in [2.24, 2.45) is 0 Å². The summed E-state index contributed by atoms with van der Waals surface area (Å²) in [6.45, 7) is -1.39. The topological polar surface area (TPSA) is 29.5 Å². The molecule has 14 heavy (non-hydrogen) atoms. The first-order chi connectivity index (χ1) is 6.21. The van der Waals surface area contributed by atoms with Gasteiger partial charge in [0.25, 0.3) is 5.92 Å². The van der Waals surface area contributed by atoms with Crippen molar-refractivity contribution in [2.45, 2.75) is 18.5 Å². The number of halogens is 5. The lowest BCUT2D eigenvalue weighted by atomic mass is 10.3. The van der Waals surface area contributed by atoms with Crippen LogP contribution in [0, 0.1) is 0 Å². The third-order valence-corrected chi connectivity index (χ3v) is 1.58. The number of hydrogen-bond acceptors (Lipinski definition) is 3. The van der Waals surface area contributed by atoms with Gasteiger partial charge in [0.15, 0.2) is 0 Å². The molecule has 0 bridgehead atoms. The highest BCUT2D eigenvalue weighted by molar-refractivity contribution is 5.75. The highest BCUT2D eigenvalue weighted by Crippen LogP contribution is 2.28. The second-order valence-corrected chi connectivity index (χ2v) is 2.85. The molecule has 0 saturated carbocycles. The third kappa shape index (κ3) is 2.79. The van der Waals surface area contributed by atoms with Crippen molar-refractivity contribution in [3.63, 3.8) is 0 Å². The van der Waals surface area contributed by atoms with Crippen molar-refractivity contribution in [2.75, 3.05) is 13.1 Å². The zero-order valence-corrected chi connectivity index (χ0v) is 6.77. The summed E-state index contributed by atoms with van der Waals surface area (Å²) in [7, 11) is 0. The summed E-state index contributed by atoms with van der Waals surface area (Å²) in [6, 6.07) is 0. The summed E-state index contributed by atoms with van der Waals surface area (Å²) in [5, 5.41) is 0.315. The fourth-order valence-electron chi connectivity index (χ4n) is 0.951. The molecule has 1 fully saturated rings. The Kier molecular flexibility index (Phi) is 2.66. The Morgan fingerprint density at radius 3 is 2.29 bits per heavy atom. The SMILES string of the molecule is O=C(ON1CCC(F)(F)C1)C(F)(F)F. The van der Waals surface area contributed by atoms with E-state index in [1.165, 1.54) is 0 Å². The quantitative estimate of drug-likeness (QED) is 0.623. The first kappa shape index (κ1) is 11.2. The predicted molar refractivity (Wildman–Crippen MR) is 33.3 cm³/mol. The van der Waals surface area contributed by atoms with Gasteiger partial charge in [0, 0.05) is 13.0 Å². The van der Waals surface area contributed by atoms with E-state index in [1.807, 2.05) is 0 Å². The fraction of sp³-hybridized carbons (Fsp3) is 0.833. The average Bonchev–Trinajstić information content (AvgIpc) is 2.28. The zero-order chi connectivity index (χ0) is 11.0. The van der Waals surface area contributed by atoms with Crippen molar-refractivity contribution in [3.8, 4) is 0 Å². The number of alkyl halides is 5. The van der Waals surface area contributed by atoms with Gasteiger partial charge in [-0.2, -0.15) is 13.2 Å². The molecule has 1 saturated heterocycles. The van der Waals surface area contributed by atoms with Crippen molar-refractivity contribution in [1.82, 2.24) is 5.06 Å². The Morgan fingerprint density at radius 1 is 1.36 bits per heavy atom. The van der Waals surface area contributed by atoms with Gasteiger partial charge in [-0.15, -0.1) is 5.06 Å². The molecular formula is C6H6F5NO2. The lowest BCUT2D eigenvalue weighted by molar-refractivity contribution is -0.237. The molecule has 0 spiro atoms. The lowest BCUT2D eigenvalue weighted by Gasteiger charge is -2.15. The number of carbonyl (C=O) groups is 1. The summed E-state index contributed by atoms with van der Waals surface area (Å²) >= 11 is 0. The van der Waals surface area contributed by atoms with Gasteiger partial charge < -0.3 is 4.84 Å². The van der Waals surface area contributed by atoms with Crippen LogP contribution in [0.2, 0.25) is 0 Å². The molecule has 0 radical (unpaired) electrons. The largest absolute Gasteiger partial charge is 0.492 e. The standard InChI is InChI=1S/C6H6F5NO2/c7-5(8)1-2-12(3-5)14-4(13)6(9,10)11/h1-3H2. The van der Waals surface area contributed by atoms with E-state index in [4.69, 9.17) is 0 Å². The molecule has 82 valence electrons. The van der Waals surface area contributed by atoms with Gasteiger partial charge >= 0.3 is 12.1 Å². The molecule has 0 aliphatic carbocycles. The summed E-state index contributed by atoms with van der Waals surface area (Å²) in [4.78, 5) is 13.9. The summed E-state index contributed by atoms with van der Waals surface area (Å²) in [5.41, 5.74) is 0. The zero-order valence-electron chi connectivity index (χ0n) is 6.77. The van der Waals surface area contributed by atoms with Crippen LogP contribution in [0.3, 0.4) is 0 Å². The van der Waals surface area contributed by atoms with Crippen molar-refractivity contribution < 1.29 is 31.6 Å². The normalized spacial score (nSPS) is 22.4. The molecule has 0 atom stereocenters. The highest BCUT2D eigenvalue weighted by Gasteiger charge is 2.46. The summed E-state index contributed by atoms with van der Waals surface area (Å²) < 4.78 is 59.7. The van der Waals surface area contributed by atoms with Crippen LogP contribution in [0.5, 0.6) is 0 Å². The molecule has 0 aromatic carbocycles. The summed E-state index contributed by atoms with van der Waals surface area (Å²) in [6.07, 6.45) is -5.77. The lowest BCUT2D eigenvalue weighted by Crippen LogP contribution is -2.34. The van der Waals surface area contributed by atoms with E-state index in [1.54, 1.807) is 0 Å². The van der Waals surface area contributed by atoms with Crippen LogP contribution in [0.25, 0.3) is 0 Å². The van der Waals surface area contributed by atoms with Crippen LogP contribution in [0.15, 0.2) is 0 Å². The van der Waals surface area contributed by atoms with E-state index in [0.29, 0.717) is 5.06 Å². The number of hydroxylamine groups is 2. The van der Waals surface area contributed by atoms with Crippen LogP contribution in [-0.4, -0.2) is 36.2 Å². The Hall–Kier alpha value is -0.920. The van der Waals surface area contributed by atoms with E-state index < -0.39 is 37.6 Å². The van der Waals surface area contributed by atoms with E-state index in [2.05, 4.69) is 4.84 Å². The molecule has 0 unspecified atom stereocenters. The van der Waals surface area contributed by atoms with Gasteiger partial charge in [-0.25, -0.2) is 13.6 Å². The number of carbonyl (C=O) groups excluding carboxylic acids is 1. The van der Waals surface area contributed by atoms with Gasteiger partial charge in [-0.1, -0.05) is 0 Å². The third-order valence-electron chi connectivity index (χ3n) is 1.58. The van der Waals surface area contributed by atoms with Crippen molar-refractivity contribution in [1.29, 1.82) is 0 Å². The number of nitrogens with zero attached hydrogens (tertiary/aromatic N) is 1. The van der Waals surface area contributed by atoms with Gasteiger partial charge in [-0.3, -0.25) is 0 Å². The molecule has 1 aliphatic heterocycles. The molecule has 0 N–H and O–H groups in total. The van der Waals surface area contributed by atoms with E-state index in [9.17, 15) is 26.7 Å². The van der Waals surface area contributed by atoms with Crippen LogP contribution in [0.4, 0.5) is 22.0 Å². The van der Waals surface area contributed by atoms with Gasteiger partial charge in [0.2, 0.25) is 0 Å². The van der Waals surface area contributed by atoms with E-state index >= 15 is 0 Å².